The molecule has 1 saturated heterocycles. The molecular weight excluding hydrogens is 266 g/mol. The molecule has 2 fully saturated rings. The van der Waals surface area contributed by atoms with Crippen molar-refractivity contribution in [2.45, 2.75) is 77.2 Å². The molecule has 2 unspecified atom stereocenters. The first-order chi connectivity index (χ1) is 10.1. The number of likely N-dealkylation sites (tertiary alicyclic amines) is 1. The van der Waals surface area contributed by atoms with E-state index < -0.39 is 5.97 Å². The van der Waals surface area contributed by atoms with Crippen molar-refractivity contribution in [1.29, 1.82) is 0 Å². The fraction of sp³-hybridized carbons (Fsp3) is 0.882. The van der Waals surface area contributed by atoms with Crippen LogP contribution in [-0.4, -0.2) is 34.5 Å². The Bertz CT molecular complexity index is 363. The fourth-order valence-electron chi connectivity index (χ4n) is 3.93. The van der Waals surface area contributed by atoms with Gasteiger partial charge in [-0.3, -0.25) is 9.59 Å². The molecule has 0 bridgehead atoms. The van der Waals surface area contributed by atoms with Crippen molar-refractivity contribution < 1.29 is 14.7 Å². The molecule has 0 aromatic rings. The topological polar surface area (TPSA) is 57.6 Å². The van der Waals surface area contributed by atoms with Crippen molar-refractivity contribution in [1.82, 2.24) is 4.90 Å². The highest BCUT2D eigenvalue weighted by molar-refractivity contribution is 5.77. The molecule has 1 heterocycles. The number of rotatable bonds is 5. The van der Waals surface area contributed by atoms with E-state index in [0.717, 1.165) is 12.3 Å². The molecule has 0 aromatic carbocycles. The standard InChI is InChI=1S/C17H29NO3/c1-13-12-15(17(20)21)10-11-18(13)16(19)9-5-8-14-6-3-2-4-7-14/h13-15H,2-12H2,1H3,(H,20,21). The Hall–Kier alpha value is -1.06. The highest BCUT2D eigenvalue weighted by atomic mass is 16.4. The predicted molar refractivity (Wildman–Crippen MR) is 82.0 cm³/mol. The number of carboxylic acids is 1. The van der Waals surface area contributed by atoms with E-state index in [9.17, 15) is 9.59 Å². The predicted octanol–water partition coefficient (Wildman–Crippen LogP) is 3.45. The van der Waals surface area contributed by atoms with Gasteiger partial charge in [0.25, 0.3) is 0 Å². The van der Waals surface area contributed by atoms with Crippen LogP contribution in [-0.2, 0) is 9.59 Å². The SMILES string of the molecule is CC1CC(C(=O)O)CCN1C(=O)CCCC1CCCCC1. The lowest BCUT2D eigenvalue weighted by Gasteiger charge is -2.36. The number of aliphatic carboxylic acids is 1. The molecule has 2 rings (SSSR count). The van der Waals surface area contributed by atoms with E-state index in [0.29, 0.717) is 25.8 Å². The van der Waals surface area contributed by atoms with E-state index in [1.54, 1.807) is 0 Å². The first-order valence-electron chi connectivity index (χ1n) is 8.60. The summed E-state index contributed by atoms with van der Waals surface area (Å²) in [6, 6.07) is 0.0713. The maximum atomic E-state index is 12.3. The van der Waals surface area contributed by atoms with Crippen molar-refractivity contribution in [3.8, 4) is 0 Å². The zero-order valence-electron chi connectivity index (χ0n) is 13.2. The maximum Gasteiger partial charge on any atom is 0.306 e. The van der Waals surface area contributed by atoms with Gasteiger partial charge in [0.15, 0.2) is 0 Å². The summed E-state index contributed by atoms with van der Waals surface area (Å²) in [6.07, 6.45) is 10.8. The van der Waals surface area contributed by atoms with E-state index in [4.69, 9.17) is 5.11 Å². The van der Waals surface area contributed by atoms with E-state index in [-0.39, 0.29) is 17.9 Å². The molecule has 21 heavy (non-hydrogen) atoms. The second-order valence-corrected chi connectivity index (χ2v) is 6.89. The summed E-state index contributed by atoms with van der Waals surface area (Å²) in [5.74, 6) is 0.0707. The van der Waals surface area contributed by atoms with E-state index in [1.807, 2.05) is 11.8 Å². The summed E-state index contributed by atoms with van der Waals surface area (Å²) >= 11 is 0. The van der Waals surface area contributed by atoms with Gasteiger partial charge < -0.3 is 10.0 Å². The molecule has 1 amide bonds. The van der Waals surface area contributed by atoms with Gasteiger partial charge in [-0.1, -0.05) is 32.1 Å². The largest absolute Gasteiger partial charge is 0.481 e. The van der Waals surface area contributed by atoms with Crippen LogP contribution in [0.1, 0.15) is 71.1 Å². The number of carbonyl (C=O) groups is 2. The molecule has 120 valence electrons. The van der Waals surface area contributed by atoms with Crippen LogP contribution in [0.25, 0.3) is 0 Å². The number of carbonyl (C=O) groups excluding carboxylic acids is 1. The third-order valence-electron chi connectivity index (χ3n) is 5.27. The van der Waals surface area contributed by atoms with Gasteiger partial charge in [-0.2, -0.15) is 0 Å². The van der Waals surface area contributed by atoms with Gasteiger partial charge in [-0.15, -0.1) is 0 Å². The van der Waals surface area contributed by atoms with Crippen LogP contribution in [0.4, 0.5) is 0 Å². The lowest BCUT2D eigenvalue weighted by atomic mass is 9.85. The Morgan fingerprint density at radius 1 is 1.14 bits per heavy atom. The van der Waals surface area contributed by atoms with Gasteiger partial charge in [-0.05, 0) is 38.5 Å². The molecule has 0 aromatic heterocycles. The number of hydrogen-bond donors (Lipinski definition) is 1. The Kier molecular flexibility index (Phi) is 6.07. The Labute approximate surface area is 127 Å². The zero-order chi connectivity index (χ0) is 15.2. The quantitative estimate of drug-likeness (QED) is 0.845. The number of nitrogens with zero attached hydrogens (tertiary/aromatic N) is 1. The summed E-state index contributed by atoms with van der Waals surface area (Å²) in [7, 11) is 0. The minimum atomic E-state index is -0.716. The maximum absolute atomic E-state index is 12.3. The van der Waals surface area contributed by atoms with Crippen molar-refractivity contribution >= 4 is 11.9 Å². The molecule has 2 atom stereocenters. The normalized spacial score (nSPS) is 27.6. The second-order valence-electron chi connectivity index (χ2n) is 6.89. The summed E-state index contributed by atoms with van der Waals surface area (Å²) in [5.41, 5.74) is 0. The third kappa shape index (κ3) is 4.72. The van der Waals surface area contributed by atoms with Crippen LogP contribution >= 0.6 is 0 Å². The van der Waals surface area contributed by atoms with Crippen molar-refractivity contribution in [2.75, 3.05) is 6.54 Å². The average molecular weight is 295 g/mol. The number of piperidine rings is 1. The molecular formula is C17H29NO3. The summed E-state index contributed by atoms with van der Waals surface area (Å²) in [5, 5.41) is 9.06. The molecule has 0 spiro atoms. The van der Waals surface area contributed by atoms with E-state index in [2.05, 4.69) is 0 Å². The summed E-state index contributed by atoms with van der Waals surface area (Å²) < 4.78 is 0. The highest BCUT2D eigenvalue weighted by Gasteiger charge is 2.31. The van der Waals surface area contributed by atoms with Gasteiger partial charge in [0.05, 0.1) is 5.92 Å². The number of hydrogen-bond acceptors (Lipinski definition) is 2. The minimum absolute atomic E-state index is 0.0713. The highest BCUT2D eigenvalue weighted by Crippen LogP contribution is 2.28. The Balaban J connectivity index is 1.69. The molecule has 1 aliphatic heterocycles. The number of carboxylic acid groups (broad SMARTS) is 1. The van der Waals surface area contributed by atoms with E-state index >= 15 is 0 Å². The molecule has 1 saturated carbocycles. The lowest BCUT2D eigenvalue weighted by molar-refractivity contribution is -0.147. The van der Waals surface area contributed by atoms with Crippen molar-refractivity contribution in [3.05, 3.63) is 0 Å². The van der Waals surface area contributed by atoms with Crippen LogP contribution in [0.5, 0.6) is 0 Å². The summed E-state index contributed by atoms with van der Waals surface area (Å²) in [4.78, 5) is 25.2. The van der Waals surface area contributed by atoms with Crippen LogP contribution in [0.2, 0.25) is 0 Å². The molecule has 4 nitrogen and oxygen atoms in total. The zero-order valence-corrected chi connectivity index (χ0v) is 13.2. The van der Waals surface area contributed by atoms with E-state index in [1.165, 1.54) is 38.5 Å². The van der Waals surface area contributed by atoms with Crippen LogP contribution < -0.4 is 0 Å². The second kappa shape index (κ2) is 7.81. The molecule has 2 aliphatic rings. The van der Waals surface area contributed by atoms with Crippen LogP contribution in [0, 0.1) is 11.8 Å². The van der Waals surface area contributed by atoms with Gasteiger partial charge in [-0.25, -0.2) is 0 Å². The molecule has 1 aliphatic carbocycles. The average Bonchev–Trinajstić information content (AvgIpc) is 2.48. The van der Waals surface area contributed by atoms with Gasteiger partial charge in [0.2, 0.25) is 5.91 Å². The summed E-state index contributed by atoms with van der Waals surface area (Å²) in [6.45, 7) is 2.59. The first kappa shape index (κ1) is 16.3. The fourth-order valence-corrected chi connectivity index (χ4v) is 3.93. The Morgan fingerprint density at radius 2 is 1.86 bits per heavy atom. The molecule has 1 N–H and O–H groups in total. The third-order valence-corrected chi connectivity index (χ3v) is 5.27. The monoisotopic (exact) mass is 295 g/mol. The number of amides is 1. The Morgan fingerprint density at radius 3 is 2.48 bits per heavy atom. The smallest absolute Gasteiger partial charge is 0.306 e. The van der Waals surface area contributed by atoms with Crippen molar-refractivity contribution in [3.63, 3.8) is 0 Å². The minimum Gasteiger partial charge on any atom is -0.481 e. The van der Waals surface area contributed by atoms with Gasteiger partial charge >= 0.3 is 5.97 Å². The first-order valence-corrected chi connectivity index (χ1v) is 8.60. The van der Waals surface area contributed by atoms with Crippen LogP contribution in [0.15, 0.2) is 0 Å². The van der Waals surface area contributed by atoms with Gasteiger partial charge in [0.1, 0.15) is 0 Å². The molecule has 4 heteroatoms. The van der Waals surface area contributed by atoms with Crippen molar-refractivity contribution in [2.24, 2.45) is 11.8 Å². The van der Waals surface area contributed by atoms with Gasteiger partial charge in [0, 0.05) is 19.0 Å². The van der Waals surface area contributed by atoms with Crippen LogP contribution in [0.3, 0.4) is 0 Å². The lowest BCUT2D eigenvalue weighted by Crippen LogP contribution is -2.46. The molecule has 0 radical (unpaired) electrons.